The molecule has 0 unspecified atom stereocenters. The van der Waals surface area contributed by atoms with Crippen LogP contribution in [0.5, 0.6) is 11.5 Å². The van der Waals surface area contributed by atoms with Crippen LogP contribution in [-0.2, 0) is 6.54 Å². The largest absolute Gasteiger partial charge is 0.493 e. The van der Waals surface area contributed by atoms with Crippen LogP contribution in [0.15, 0.2) is 18.2 Å². The van der Waals surface area contributed by atoms with E-state index in [4.69, 9.17) is 15.2 Å². The molecule has 0 aliphatic carbocycles. The van der Waals surface area contributed by atoms with E-state index in [1.165, 1.54) is 0 Å². The van der Waals surface area contributed by atoms with Gasteiger partial charge in [0.1, 0.15) is 11.5 Å². The molecule has 3 nitrogen and oxygen atoms in total. The number of hydrogen-bond donors (Lipinski definition) is 1. The molecule has 0 saturated carbocycles. The minimum atomic E-state index is 0.496. The average Bonchev–Trinajstić information content (AvgIpc) is 2.37. The second kappa shape index (κ2) is 7.96. The minimum Gasteiger partial charge on any atom is -0.493 e. The first kappa shape index (κ1) is 13.8. The maximum absolute atomic E-state index is 5.73. The van der Waals surface area contributed by atoms with Crippen molar-refractivity contribution in [2.24, 2.45) is 5.73 Å². The predicted octanol–water partition coefficient (Wildman–Crippen LogP) is 3.11. The Labute approximate surface area is 104 Å². The lowest BCUT2D eigenvalue weighted by Crippen LogP contribution is -2.04. The van der Waals surface area contributed by atoms with Crippen molar-refractivity contribution < 1.29 is 9.47 Å². The molecule has 0 aliphatic heterocycles. The van der Waals surface area contributed by atoms with Gasteiger partial charge in [0.25, 0.3) is 0 Å². The highest BCUT2D eigenvalue weighted by molar-refractivity contribution is 5.40. The van der Waals surface area contributed by atoms with Crippen LogP contribution in [0.3, 0.4) is 0 Å². The first-order valence-corrected chi connectivity index (χ1v) is 6.40. The lowest BCUT2D eigenvalue weighted by Gasteiger charge is -2.12. The third kappa shape index (κ3) is 4.65. The molecule has 0 atom stereocenters. The smallest absolute Gasteiger partial charge is 0.127 e. The molecule has 0 amide bonds. The Bertz CT molecular complexity index is 326. The quantitative estimate of drug-likeness (QED) is 0.706. The van der Waals surface area contributed by atoms with Crippen molar-refractivity contribution in [3.8, 4) is 11.5 Å². The Morgan fingerprint density at radius 1 is 1.06 bits per heavy atom. The molecular formula is C14H23NO2. The molecule has 0 bridgehead atoms. The van der Waals surface area contributed by atoms with Crippen molar-refractivity contribution in [2.45, 2.75) is 39.7 Å². The third-order valence-corrected chi connectivity index (χ3v) is 2.49. The van der Waals surface area contributed by atoms with Gasteiger partial charge in [0.05, 0.1) is 13.2 Å². The predicted molar refractivity (Wildman–Crippen MR) is 70.5 cm³/mol. The van der Waals surface area contributed by atoms with Gasteiger partial charge in [-0.3, -0.25) is 0 Å². The highest BCUT2D eigenvalue weighted by Gasteiger charge is 2.04. The number of hydrogen-bond acceptors (Lipinski definition) is 3. The second-order valence-corrected chi connectivity index (χ2v) is 4.02. The second-order valence-electron chi connectivity index (χ2n) is 4.02. The Hall–Kier alpha value is -1.22. The van der Waals surface area contributed by atoms with Crippen LogP contribution >= 0.6 is 0 Å². The van der Waals surface area contributed by atoms with E-state index < -0.39 is 0 Å². The summed E-state index contributed by atoms with van der Waals surface area (Å²) in [5.41, 5.74) is 6.72. The summed E-state index contributed by atoms with van der Waals surface area (Å²) in [7, 11) is 0. The van der Waals surface area contributed by atoms with Crippen LogP contribution in [-0.4, -0.2) is 13.2 Å². The molecule has 1 rings (SSSR count). The molecule has 0 heterocycles. The van der Waals surface area contributed by atoms with Crippen molar-refractivity contribution in [3.63, 3.8) is 0 Å². The summed E-state index contributed by atoms with van der Waals surface area (Å²) in [6.07, 6.45) is 3.19. The zero-order valence-corrected chi connectivity index (χ0v) is 10.9. The van der Waals surface area contributed by atoms with Crippen LogP contribution in [0.4, 0.5) is 0 Å². The van der Waals surface area contributed by atoms with Gasteiger partial charge in [0.2, 0.25) is 0 Å². The zero-order chi connectivity index (χ0) is 12.5. The Balaban J connectivity index is 2.68. The van der Waals surface area contributed by atoms with Gasteiger partial charge >= 0.3 is 0 Å². The van der Waals surface area contributed by atoms with Gasteiger partial charge in [-0.25, -0.2) is 0 Å². The highest BCUT2D eigenvalue weighted by atomic mass is 16.5. The van der Waals surface area contributed by atoms with Gasteiger partial charge in [-0.2, -0.15) is 0 Å². The SMILES string of the molecule is CCCCOc1cc(OCCC)ccc1CN. The van der Waals surface area contributed by atoms with E-state index in [2.05, 4.69) is 13.8 Å². The number of rotatable bonds is 8. The van der Waals surface area contributed by atoms with E-state index in [0.29, 0.717) is 6.54 Å². The summed E-state index contributed by atoms with van der Waals surface area (Å²) in [6.45, 7) is 6.20. The molecule has 0 radical (unpaired) electrons. The van der Waals surface area contributed by atoms with Crippen molar-refractivity contribution in [2.75, 3.05) is 13.2 Å². The van der Waals surface area contributed by atoms with Crippen molar-refractivity contribution >= 4 is 0 Å². The molecule has 1 aromatic rings. The van der Waals surface area contributed by atoms with Gasteiger partial charge in [-0.15, -0.1) is 0 Å². The van der Waals surface area contributed by atoms with Gasteiger partial charge in [-0.1, -0.05) is 26.3 Å². The van der Waals surface area contributed by atoms with E-state index >= 15 is 0 Å². The third-order valence-electron chi connectivity index (χ3n) is 2.49. The fourth-order valence-electron chi connectivity index (χ4n) is 1.47. The summed E-state index contributed by atoms with van der Waals surface area (Å²) in [6, 6.07) is 5.87. The Kier molecular flexibility index (Phi) is 6.48. The maximum atomic E-state index is 5.73. The van der Waals surface area contributed by atoms with E-state index in [-0.39, 0.29) is 0 Å². The number of benzene rings is 1. The van der Waals surface area contributed by atoms with Crippen LogP contribution in [0.1, 0.15) is 38.7 Å². The van der Waals surface area contributed by atoms with Crippen molar-refractivity contribution in [1.29, 1.82) is 0 Å². The average molecular weight is 237 g/mol. The molecule has 17 heavy (non-hydrogen) atoms. The molecule has 2 N–H and O–H groups in total. The molecule has 0 aromatic heterocycles. The van der Waals surface area contributed by atoms with Crippen molar-refractivity contribution in [1.82, 2.24) is 0 Å². The molecule has 0 fully saturated rings. The molecule has 0 saturated heterocycles. The molecule has 0 aliphatic rings. The fraction of sp³-hybridized carbons (Fsp3) is 0.571. The molecule has 3 heteroatoms. The van der Waals surface area contributed by atoms with Crippen molar-refractivity contribution in [3.05, 3.63) is 23.8 Å². The maximum Gasteiger partial charge on any atom is 0.127 e. The zero-order valence-electron chi connectivity index (χ0n) is 10.9. The first-order valence-electron chi connectivity index (χ1n) is 6.40. The van der Waals surface area contributed by atoms with Gasteiger partial charge in [-0.05, 0) is 18.9 Å². The minimum absolute atomic E-state index is 0.496. The highest BCUT2D eigenvalue weighted by Crippen LogP contribution is 2.25. The van der Waals surface area contributed by atoms with Gasteiger partial charge in [0, 0.05) is 18.2 Å². The lowest BCUT2D eigenvalue weighted by molar-refractivity contribution is 0.295. The first-order chi connectivity index (χ1) is 8.31. The number of nitrogens with two attached hydrogens (primary N) is 1. The summed E-state index contributed by atoms with van der Waals surface area (Å²) in [5.74, 6) is 1.71. The number of ether oxygens (including phenoxy) is 2. The normalized spacial score (nSPS) is 10.3. The Morgan fingerprint density at radius 3 is 2.53 bits per heavy atom. The fourth-order valence-corrected chi connectivity index (χ4v) is 1.47. The molecule has 0 spiro atoms. The van der Waals surface area contributed by atoms with E-state index in [0.717, 1.165) is 49.5 Å². The lowest BCUT2D eigenvalue weighted by atomic mass is 10.2. The molecule has 96 valence electrons. The van der Waals surface area contributed by atoms with Crippen LogP contribution in [0.25, 0.3) is 0 Å². The van der Waals surface area contributed by atoms with Crippen LogP contribution < -0.4 is 15.2 Å². The van der Waals surface area contributed by atoms with E-state index in [1.807, 2.05) is 18.2 Å². The van der Waals surface area contributed by atoms with Gasteiger partial charge < -0.3 is 15.2 Å². The van der Waals surface area contributed by atoms with E-state index in [1.54, 1.807) is 0 Å². The van der Waals surface area contributed by atoms with Crippen LogP contribution in [0.2, 0.25) is 0 Å². The Morgan fingerprint density at radius 2 is 1.88 bits per heavy atom. The monoisotopic (exact) mass is 237 g/mol. The summed E-state index contributed by atoms with van der Waals surface area (Å²) in [4.78, 5) is 0. The van der Waals surface area contributed by atoms with Crippen LogP contribution in [0, 0.1) is 0 Å². The standard InChI is InChI=1S/C14H23NO2/c1-3-5-9-17-14-10-13(16-8-4-2)7-6-12(14)11-15/h6-7,10H,3-5,8-9,11,15H2,1-2H3. The number of unbranched alkanes of at least 4 members (excludes halogenated alkanes) is 1. The summed E-state index contributed by atoms with van der Waals surface area (Å²) < 4.78 is 11.3. The molecule has 1 aromatic carbocycles. The summed E-state index contributed by atoms with van der Waals surface area (Å²) in [5, 5.41) is 0. The molecular weight excluding hydrogens is 214 g/mol. The van der Waals surface area contributed by atoms with E-state index in [9.17, 15) is 0 Å². The van der Waals surface area contributed by atoms with Gasteiger partial charge in [0.15, 0.2) is 0 Å². The topological polar surface area (TPSA) is 44.5 Å². The summed E-state index contributed by atoms with van der Waals surface area (Å²) >= 11 is 0.